The molecule has 2 aromatic carbocycles. The van der Waals surface area contributed by atoms with Crippen LogP contribution in [0.3, 0.4) is 0 Å². The fourth-order valence-electron chi connectivity index (χ4n) is 4.36. The summed E-state index contributed by atoms with van der Waals surface area (Å²) in [6, 6.07) is 14.9. The van der Waals surface area contributed by atoms with Crippen LogP contribution in [0, 0.1) is 0 Å². The molecule has 0 saturated heterocycles. The lowest BCUT2D eigenvalue weighted by Gasteiger charge is -2.38. The van der Waals surface area contributed by atoms with E-state index in [2.05, 4.69) is 0 Å². The van der Waals surface area contributed by atoms with Gasteiger partial charge in [-0.05, 0) is 50.3 Å². The first-order valence-corrected chi connectivity index (χ1v) is 11.1. The number of anilines is 2. The van der Waals surface area contributed by atoms with E-state index < -0.39 is 6.04 Å². The summed E-state index contributed by atoms with van der Waals surface area (Å²) in [5.74, 6) is -0.463. The summed E-state index contributed by atoms with van der Waals surface area (Å²) in [5, 5.41) is 0. The molecule has 2 atom stereocenters. The molecule has 5 nitrogen and oxygen atoms in total. The standard InChI is InChI=1S/C25H22N2O3S/c1-3-30-25(29)17-15-21(26-16(2)9-8-12-18(17)26)24(28)27-19-10-4-6-13-22(19)31-23-14-7-5-11-20(23)27/h4-15,18,21H,3H2,1-2H3. The minimum absolute atomic E-state index is 0.0902. The van der Waals surface area contributed by atoms with Crippen molar-refractivity contribution in [3.8, 4) is 0 Å². The van der Waals surface area contributed by atoms with Crippen LogP contribution < -0.4 is 4.90 Å². The van der Waals surface area contributed by atoms with Crippen molar-refractivity contribution in [2.75, 3.05) is 11.5 Å². The van der Waals surface area contributed by atoms with Gasteiger partial charge < -0.3 is 9.64 Å². The summed E-state index contributed by atoms with van der Waals surface area (Å²) in [6.45, 7) is 4.05. The molecular weight excluding hydrogens is 408 g/mol. The van der Waals surface area contributed by atoms with Crippen molar-refractivity contribution in [3.05, 3.63) is 84.1 Å². The molecule has 6 heteroatoms. The van der Waals surface area contributed by atoms with E-state index in [1.165, 1.54) is 0 Å². The highest BCUT2D eigenvalue weighted by atomic mass is 32.2. The van der Waals surface area contributed by atoms with Gasteiger partial charge in [0.15, 0.2) is 0 Å². The molecule has 0 saturated carbocycles. The SMILES string of the molecule is CCOC(=O)C1=CC(C(=O)N2c3ccccc3Sc3ccccc32)N2C(C)=CC=CC12. The summed E-state index contributed by atoms with van der Waals surface area (Å²) in [5.41, 5.74) is 3.17. The lowest BCUT2D eigenvalue weighted by atomic mass is 10.1. The van der Waals surface area contributed by atoms with Gasteiger partial charge in [-0.15, -0.1) is 0 Å². The second-order valence-electron chi connectivity index (χ2n) is 7.54. The van der Waals surface area contributed by atoms with Gasteiger partial charge in [-0.25, -0.2) is 4.79 Å². The Balaban J connectivity index is 1.61. The molecule has 3 aliphatic heterocycles. The summed E-state index contributed by atoms with van der Waals surface area (Å²) < 4.78 is 5.28. The first-order chi connectivity index (χ1) is 15.1. The zero-order valence-corrected chi connectivity index (χ0v) is 18.1. The predicted octanol–water partition coefficient (Wildman–Crippen LogP) is 4.83. The highest BCUT2D eigenvalue weighted by molar-refractivity contribution is 7.99. The monoisotopic (exact) mass is 430 g/mol. The van der Waals surface area contributed by atoms with Crippen LogP contribution in [0.25, 0.3) is 0 Å². The van der Waals surface area contributed by atoms with Crippen LogP contribution in [0.2, 0.25) is 0 Å². The lowest BCUT2D eigenvalue weighted by Crippen LogP contribution is -2.47. The predicted molar refractivity (Wildman–Crippen MR) is 121 cm³/mol. The molecule has 3 aliphatic rings. The first kappa shape index (κ1) is 19.7. The highest BCUT2D eigenvalue weighted by Crippen LogP contribution is 2.49. The molecule has 2 aromatic rings. The van der Waals surface area contributed by atoms with Gasteiger partial charge in [0.2, 0.25) is 0 Å². The molecule has 0 fully saturated rings. The van der Waals surface area contributed by atoms with Crippen molar-refractivity contribution in [1.29, 1.82) is 0 Å². The number of rotatable bonds is 3. The number of allylic oxidation sites excluding steroid dienone is 3. The molecule has 5 rings (SSSR count). The van der Waals surface area contributed by atoms with Crippen molar-refractivity contribution >= 4 is 35.0 Å². The summed E-state index contributed by atoms with van der Waals surface area (Å²) in [7, 11) is 0. The molecule has 2 unspecified atom stereocenters. The summed E-state index contributed by atoms with van der Waals surface area (Å²) in [6.07, 6.45) is 7.60. The molecule has 0 aliphatic carbocycles. The third kappa shape index (κ3) is 3.18. The number of esters is 1. The number of carbonyl (C=O) groups is 2. The number of hydrogen-bond donors (Lipinski definition) is 0. The average Bonchev–Trinajstić information content (AvgIpc) is 3.18. The third-order valence-electron chi connectivity index (χ3n) is 5.71. The topological polar surface area (TPSA) is 49.9 Å². The molecule has 0 aromatic heterocycles. The maximum absolute atomic E-state index is 14.1. The number of ether oxygens (including phenoxy) is 1. The van der Waals surface area contributed by atoms with E-state index in [1.807, 2.05) is 78.6 Å². The van der Waals surface area contributed by atoms with Gasteiger partial charge in [-0.3, -0.25) is 9.69 Å². The van der Waals surface area contributed by atoms with Crippen molar-refractivity contribution in [2.45, 2.75) is 35.7 Å². The average molecular weight is 431 g/mol. The Kier molecular flexibility index (Phi) is 4.94. The van der Waals surface area contributed by atoms with Crippen molar-refractivity contribution in [1.82, 2.24) is 4.90 Å². The molecule has 0 N–H and O–H groups in total. The Labute approximate surface area is 185 Å². The Bertz CT molecular complexity index is 1120. The normalized spacial score (nSPS) is 21.0. The van der Waals surface area contributed by atoms with Crippen LogP contribution in [0.15, 0.2) is 93.9 Å². The molecule has 1 amide bonds. The van der Waals surface area contributed by atoms with Crippen molar-refractivity contribution < 1.29 is 14.3 Å². The van der Waals surface area contributed by atoms with Crippen LogP contribution >= 0.6 is 11.8 Å². The Morgan fingerprint density at radius 1 is 1.03 bits per heavy atom. The van der Waals surface area contributed by atoms with Gasteiger partial charge >= 0.3 is 5.97 Å². The van der Waals surface area contributed by atoms with E-state index in [9.17, 15) is 9.59 Å². The van der Waals surface area contributed by atoms with Gasteiger partial charge in [0.1, 0.15) is 6.04 Å². The maximum Gasteiger partial charge on any atom is 0.336 e. The molecule has 31 heavy (non-hydrogen) atoms. The smallest absolute Gasteiger partial charge is 0.336 e. The second kappa shape index (κ2) is 7.78. The van der Waals surface area contributed by atoms with Crippen LogP contribution in [-0.4, -0.2) is 35.5 Å². The number of nitrogens with zero attached hydrogens (tertiary/aromatic N) is 2. The van der Waals surface area contributed by atoms with E-state index in [0.29, 0.717) is 12.2 Å². The Morgan fingerprint density at radius 2 is 1.68 bits per heavy atom. The molecular formula is C25H22N2O3S. The van der Waals surface area contributed by atoms with Crippen molar-refractivity contribution in [3.63, 3.8) is 0 Å². The van der Waals surface area contributed by atoms with E-state index in [1.54, 1.807) is 29.7 Å². The zero-order valence-electron chi connectivity index (χ0n) is 17.3. The maximum atomic E-state index is 14.1. The zero-order chi connectivity index (χ0) is 21.5. The third-order valence-corrected chi connectivity index (χ3v) is 6.84. The van der Waals surface area contributed by atoms with Crippen LogP contribution in [-0.2, 0) is 14.3 Å². The number of para-hydroxylation sites is 2. The second-order valence-corrected chi connectivity index (χ2v) is 8.63. The molecule has 3 heterocycles. The molecule has 0 bridgehead atoms. The number of fused-ring (bicyclic) bond motifs is 3. The first-order valence-electron chi connectivity index (χ1n) is 10.3. The number of hydrogen-bond acceptors (Lipinski definition) is 5. The molecule has 0 radical (unpaired) electrons. The molecule has 0 spiro atoms. The van der Waals surface area contributed by atoms with Gasteiger partial charge in [0.05, 0.1) is 29.6 Å². The fraction of sp³-hybridized carbons (Fsp3) is 0.200. The van der Waals surface area contributed by atoms with E-state index in [0.717, 1.165) is 26.9 Å². The van der Waals surface area contributed by atoms with Crippen LogP contribution in [0.4, 0.5) is 11.4 Å². The van der Waals surface area contributed by atoms with Gasteiger partial charge in [0.25, 0.3) is 5.91 Å². The van der Waals surface area contributed by atoms with E-state index in [4.69, 9.17) is 4.74 Å². The highest BCUT2D eigenvalue weighted by Gasteiger charge is 2.44. The van der Waals surface area contributed by atoms with Crippen LogP contribution in [0.5, 0.6) is 0 Å². The van der Waals surface area contributed by atoms with Crippen molar-refractivity contribution in [2.24, 2.45) is 0 Å². The molecule has 156 valence electrons. The van der Waals surface area contributed by atoms with Gasteiger partial charge in [0, 0.05) is 15.5 Å². The Hall–Kier alpha value is -3.25. The Morgan fingerprint density at radius 3 is 2.32 bits per heavy atom. The summed E-state index contributed by atoms with van der Waals surface area (Å²) in [4.78, 5) is 32.6. The summed E-state index contributed by atoms with van der Waals surface area (Å²) >= 11 is 1.66. The quantitative estimate of drug-likeness (QED) is 0.653. The van der Waals surface area contributed by atoms with E-state index in [-0.39, 0.29) is 17.9 Å². The largest absolute Gasteiger partial charge is 0.463 e. The van der Waals surface area contributed by atoms with E-state index >= 15 is 0 Å². The lowest BCUT2D eigenvalue weighted by molar-refractivity contribution is -0.138. The minimum atomic E-state index is -0.602. The number of carbonyl (C=O) groups excluding carboxylic acids is 2. The number of amides is 1. The van der Waals surface area contributed by atoms with Crippen LogP contribution in [0.1, 0.15) is 13.8 Å². The van der Waals surface area contributed by atoms with Gasteiger partial charge in [-0.1, -0.05) is 48.2 Å². The number of benzene rings is 2. The fourth-order valence-corrected chi connectivity index (χ4v) is 5.42. The van der Waals surface area contributed by atoms with Gasteiger partial charge in [-0.2, -0.15) is 0 Å². The minimum Gasteiger partial charge on any atom is -0.463 e.